The third-order valence-electron chi connectivity index (χ3n) is 4.85. The summed E-state index contributed by atoms with van der Waals surface area (Å²) in [7, 11) is 2.06. The Labute approximate surface area is 165 Å². The Kier molecular flexibility index (Phi) is 6.97. The molecule has 1 fully saturated rings. The highest BCUT2D eigenvalue weighted by Crippen LogP contribution is 2.14. The van der Waals surface area contributed by atoms with Crippen molar-refractivity contribution in [3.8, 4) is 0 Å². The second-order valence-electron chi connectivity index (χ2n) is 7.02. The van der Waals surface area contributed by atoms with Gasteiger partial charge in [-0.05, 0) is 30.7 Å². The van der Waals surface area contributed by atoms with Crippen molar-refractivity contribution >= 4 is 17.6 Å². The van der Waals surface area contributed by atoms with E-state index in [1.54, 1.807) is 12.4 Å². The molecule has 0 bridgehead atoms. The number of likely N-dealkylation sites (N-methyl/N-ethyl adjacent to an activating group) is 1. The van der Waals surface area contributed by atoms with E-state index in [0.717, 1.165) is 37.3 Å². The third kappa shape index (κ3) is 5.79. The molecule has 1 aromatic carbocycles. The first-order valence-electron chi connectivity index (χ1n) is 9.60. The Hall–Kier alpha value is -2.93. The Morgan fingerprint density at radius 3 is 2.57 bits per heavy atom. The molecule has 3 rings (SSSR count). The maximum absolute atomic E-state index is 12.3. The van der Waals surface area contributed by atoms with Crippen molar-refractivity contribution in [2.45, 2.75) is 12.8 Å². The lowest BCUT2D eigenvalue weighted by Crippen LogP contribution is -2.50. The van der Waals surface area contributed by atoms with E-state index in [9.17, 15) is 9.59 Å². The summed E-state index contributed by atoms with van der Waals surface area (Å²) in [6.45, 7) is 3.80. The molecule has 1 aliphatic heterocycles. The van der Waals surface area contributed by atoms with E-state index in [4.69, 9.17) is 0 Å². The fourth-order valence-corrected chi connectivity index (χ4v) is 3.15. The normalized spacial score (nSPS) is 14.5. The molecule has 0 spiro atoms. The zero-order valence-corrected chi connectivity index (χ0v) is 16.2. The highest BCUT2D eigenvalue weighted by Gasteiger charge is 2.18. The van der Waals surface area contributed by atoms with E-state index in [0.29, 0.717) is 25.1 Å². The highest BCUT2D eigenvalue weighted by atomic mass is 16.2. The van der Waals surface area contributed by atoms with Gasteiger partial charge in [-0.2, -0.15) is 0 Å². The average Bonchev–Trinajstić information content (AvgIpc) is 2.70. The zero-order valence-electron chi connectivity index (χ0n) is 16.2. The van der Waals surface area contributed by atoms with E-state index in [-0.39, 0.29) is 11.9 Å². The van der Waals surface area contributed by atoms with Gasteiger partial charge in [0.1, 0.15) is 0 Å². The number of nitrogens with one attached hydrogen (secondary N) is 2. The first-order valence-corrected chi connectivity index (χ1v) is 9.60. The van der Waals surface area contributed by atoms with Crippen molar-refractivity contribution < 1.29 is 9.59 Å². The second kappa shape index (κ2) is 9.85. The zero-order chi connectivity index (χ0) is 19.8. The van der Waals surface area contributed by atoms with Crippen LogP contribution in [0.4, 0.5) is 10.5 Å². The largest absolute Gasteiger partial charge is 0.338 e. The number of carbonyl (C=O) groups excluding carboxylic acids is 2. The molecule has 28 heavy (non-hydrogen) atoms. The molecule has 0 radical (unpaired) electrons. The number of carbonyl (C=O) groups is 2. The van der Waals surface area contributed by atoms with E-state index in [2.05, 4.69) is 27.6 Å². The molecule has 1 aromatic heterocycles. The Morgan fingerprint density at radius 1 is 1.07 bits per heavy atom. The van der Waals surface area contributed by atoms with Crippen molar-refractivity contribution in [3.63, 3.8) is 0 Å². The molecule has 7 heteroatoms. The summed E-state index contributed by atoms with van der Waals surface area (Å²) in [5, 5.41) is 5.91. The maximum atomic E-state index is 12.3. The van der Waals surface area contributed by atoms with Crippen molar-refractivity contribution in [1.82, 2.24) is 20.1 Å². The standard InChI is InChI=1S/C21H27N5O2/c1-25-11-13-26(14-12-25)21(28)23-10-8-18-7-9-22-16-19(18)24-20(27)15-17-5-3-2-4-6-17/h2-7,9,16H,8,10-15H2,1H3,(H,23,28)(H,24,27). The van der Waals surface area contributed by atoms with Crippen molar-refractivity contribution in [2.24, 2.45) is 0 Å². The lowest BCUT2D eigenvalue weighted by atomic mass is 10.1. The van der Waals surface area contributed by atoms with Crippen LogP contribution in [-0.2, 0) is 17.6 Å². The van der Waals surface area contributed by atoms with Gasteiger partial charge < -0.3 is 20.4 Å². The monoisotopic (exact) mass is 381 g/mol. The Bertz CT molecular complexity index is 788. The minimum absolute atomic E-state index is 0.0307. The van der Waals surface area contributed by atoms with Gasteiger partial charge in [-0.3, -0.25) is 9.78 Å². The molecule has 0 aliphatic carbocycles. The van der Waals surface area contributed by atoms with Crippen LogP contribution in [0, 0.1) is 0 Å². The number of nitrogens with zero attached hydrogens (tertiary/aromatic N) is 3. The summed E-state index contributed by atoms with van der Waals surface area (Å²) < 4.78 is 0. The quantitative estimate of drug-likeness (QED) is 0.799. The van der Waals surface area contributed by atoms with Gasteiger partial charge >= 0.3 is 6.03 Å². The number of hydrogen-bond acceptors (Lipinski definition) is 4. The van der Waals surface area contributed by atoms with Crippen LogP contribution in [0.5, 0.6) is 0 Å². The van der Waals surface area contributed by atoms with Crippen molar-refractivity contribution in [1.29, 1.82) is 0 Å². The number of pyridine rings is 1. The van der Waals surface area contributed by atoms with Crippen molar-refractivity contribution in [2.75, 3.05) is 45.1 Å². The number of piperazine rings is 1. The molecule has 0 atom stereocenters. The lowest BCUT2D eigenvalue weighted by molar-refractivity contribution is -0.115. The molecule has 7 nitrogen and oxygen atoms in total. The molecule has 2 heterocycles. The summed E-state index contributed by atoms with van der Waals surface area (Å²) in [6, 6.07) is 11.5. The SMILES string of the molecule is CN1CCN(C(=O)NCCc2ccncc2NC(=O)Cc2ccccc2)CC1. The summed E-state index contributed by atoms with van der Waals surface area (Å²) >= 11 is 0. The summed E-state index contributed by atoms with van der Waals surface area (Å²) in [5.41, 5.74) is 2.61. The third-order valence-corrected chi connectivity index (χ3v) is 4.85. The molecular formula is C21H27N5O2. The topological polar surface area (TPSA) is 77.6 Å². The maximum Gasteiger partial charge on any atom is 0.317 e. The number of hydrogen-bond donors (Lipinski definition) is 2. The van der Waals surface area contributed by atoms with Gasteiger partial charge in [-0.1, -0.05) is 30.3 Å². The predicted octanol–water partition coefficient (Wildman–Crippen LogP) is 1.76. The van der Waals surface area contributed by atoms with Crippen LogP contribution in [0.15, 0.2) is 48.8 Å². The van der Waals surface area contributed by atoms with Crippen LogP contribution in [0.2, 0.25) is 0 Å². The first kappa shape index (κ1) is 19.8. The molecule has 148 valence electrons. The molecule has 1 aliphatic rings. The van der Waals surface area contributed by atoms with Gasteiger partial charge in [0, 0.05) is 38.9 Å². The van der Waals surface area contributed by atoms with Gasteiger partial charge in [0.05, 0.1) is 18.3 Å². The molecule has 2 N–H and O–H groups in total. The predicted molar refractivity (Wildman–Crippen MR) is 109 cm³/mol. The Balaban J connectivity index is 1.49. The Morgan fingerprint density at radius 2 is 1.82 bits per heavy atom. The van der Waals surface area contributed by atoms with E-state index >= 15 is 0 Å². The summed E-state index contributed by atoms with van der Waals surface area (Å²) in [6.07, 6.45) is 4.29. The van der Waals surface area contributed by atoms with Gasteiger partial charge in [0.25, 0.3) is 0 Å². The van der Waals surface area contributed by atoms with Gasteiger partial charge in [0.2, 0.25) is 5.91 Å². The second-order valence-corrected chi connectivity index (χ2v) is 7.02. The van der Waals surface area contributed by atoms with Gasteiger partial charge in [-0.25, -0.2) is 4.79 Å². The molecule has 0 unspecified atom stereocenters. The van der Waals surface area contributed by atoms with E-state index < -0.39 is 0 Å². The molecule has 2 aromatic rings. The molecule has 0 saturated carbocycles. The smallest absolute Gasteiger partial charge is 0.317 e. The van der Waals surface area contributed by atoms with E-state index in [1.807, 2.05) is 41.3 Å². The molecule has 3 amide bonds. The van der Waals surface area contributed by atoms with Gasteiger partial charge in [-0.15, -0.1) is 0 Å². The molecular weight excluding hydrogens is 354 g/mol. The molecule has 1 saturated heterocycles. The fourth-order valence-electron chi connectivity index (χ4n) is 3.15. The van der Waals surface area contributed by atoms with Crippen LogP contribution in [-0.4, -0.2) is 66.5 Å². The number of urea groups is 1. The lowest BCUT2D eigenvalue weighted by Gasteiger charge is -2.32. The average molecular weight is 381 g/mol. The summed E-state index contributed by atoms with van der Waals surface area (Å²) in [4.78, 5) is 32.8. The van der Waals surface area contributed by atoms with E-state index in [1.165, 1.54) is 0 Å². The van der Waals surface area contributed by atoms with Crippen molar-refractivity contribution in [3.05, 3.63) is 59.9 Å². The summed E-state index contributed by atoms with van der Waals surface area (Å²) in [5.74, 6) is -0.0816. The minimum Gasteiger partial charge on any atom is -0.338 e. The first-order chi connectivity index (χ1) is 13.6. The van der Waals surface area contributed by atoms with Gasteiger partial charge in [0.15, 0.2) is 0 Å². The number of benzene rings is 1. The number of anilines is 1. The van der Waals surface area contributed by atoms with Crippen LogP contribution < -0.4 is 10.6 Å². The van der Waals surface area contributed by atoms with Crippen LogP contribution in [0.3, 0.4) is 0 Å². The fraction of sp³-hybridized carbons (Fsp3) is 0.381. The number of aromatic nitrogens is 1. The number of amides is 3. The highest BCUT2D eigenvalue weighted by molar-refractivity contribution is 5.92. The number of rotatable bonds is 6. The minimum atomic E-state index is -0.0816. The van der Waals surface area contributed by atoms with Crippen LogP contribution >= 0.6 is 0 Å². The van der Waals surface area contributed by atoms with Crippen LogP contribution in [0.1, 0.15) is 11.1 Å². The van der Waals surface area contributed by atoms with Crippen LogP contribution in [0.25, 0.3) is 0 Å².